The van der Waals surface area contributed by atoms with E-state index < -0.39 is 16.3 Å². The molecule has 1 rings (SSSR count). The molecule has 0 heterocycles. The lowest BCUT2D eigenvalue weighted by Gasteiger charge is -2.14. The average Bonchev–Trinajstić information content (AvgIpc) is 2.28. The number of hydrogen-bond acceptors (Lipinski definition) is 2. The van der Waals surface area contributed by atoms with Gasteiger partial charge in [-0.3, -0.25) is 4.79 Å². The first-order valence-corrected chi connectivity index (χ1v) is 7.44. The first-order chi connectivity index (χ1) is 8.73. The van der Waals surface area contributed by atoms with Crippen LogP contribution in [0.4, 0.5) is 0 Å². The number of carbonyl (C=O) groups is 1. The standard InChI is InChI=1S/C14H17ClO3S/c1-8(2)10(4)13-5-9(3)12(14(15)16)6-11(13)7-19(17)18/h5-6H,7H2,1-4H3,(H,17,18). The van der Waals surface area contributed by atoms with Gasteiger partial charge >= 0.3 is 0 Å². The highest BCUT2D eigenvalue weighted by atomic mass is 35.5. The molecule has 0 saturated heterocycles. The van der Waals surface area contributed by atoms with Gasteiger partial charge in [0.25, 0.3) is 5.24 Å². The van der Waals surface area contributed by atoms with Crippen LogP contribution in [0.2, 0.25) is 0 Å². The molecule has 0 aliphatic heterocycles. The second kappa shape index (κ2) is 6.46. The van der Waals surface area contributed by atoms with Gasteiger partial charge in [-0.05, 0) is 67.6 Å². The summed E-state index contributed by atoms with van der Waals surface area (Å²) in [5.74, 6) is -0.0165. The highest BCUT2D eigenvalue weighted by Crippen LogP contribution is 2.27. The molecule has 0 aliphatic rings. The van der Waals surface area contributed by atoms with E-state index in [2.05, 4.69) is 0 Å². The molecule has 0 spiro atoms. The third-order valence-corrected chi connectivity index (χ3v) is 3.86. The number of halogens is 1. The van der Waals surface area contributed by atoms with Crippen molar-refractivity contribution in [1.29, 1.82) is 0 Å². The minimum absolute atomic E-state index is 0.0165. The van der Waals surface area contributed by atoms with Crippen LogP contribution >= 0.6 is 11.6 Å². The molecule has 1 aromatic carbocycles. The van der Waals surface area contributed by atoms with Gasteiger partial charge in [-0.2, -0.15) is 0 Å². The normalized spacial score (nSPS) is 12.1. The highest BCUT2D eigenvalue weighted by Gasteiger charge is 2.14. The molecule has 3 nitrogen and oxygen atoms in total. The second-order valence-electron chi connectivity index (χ2n) is 4.69. The summed E-state index contributed by atoms with van der Waals surface area (Å²) in [5.41, 5.74) is 4.86. The molecule has 1 unspecified atom stereocenters. The Morgan fingerprint density at radius 3 is 2.26 bits per heavy atom. The van der Waals surface area contributed by atoms with E-state index in [-0.39, 0.29) is 5.75 Å². The first kappa shape index (κ1) is 16.1. The van der Waals surface area contributed by atoms with E-state index in [4.69, 9.17) is 16.2 Å². The number of aryl methyl sites for hydroxylation is 1. The van der Waals surface area contributed by atoms with Gasteiger partial charge in [0.2, 0.25) is 0 Å². The first-order valence-electron chi connectivity index (χ1n) is 5.79. The lowest BCUT2D eigenvalue weighted by atomic mass is 9.94. The van der Waals surface area contributed by atoms with Crippen molar-refractivity contribution < 1.29 is 13.6 Å². The lowest BCUT2D eigenvalue weighted by molar-refractivity contribution is 0.108. The van der Waals surface area contributed by atoms with Gasteiger partial charge in [-0.25, -0.2) is 4.21 Å². The summed E-state index contributed by atoms with van der Waals surface area (Å²) in [7, 11) is 0. The highest BCUT2D eigenvalue weighted by molar-refractivity contribution is 7.78. The maximum atomic E-state index is 11.3. The molecule has 5 heteroatoms. The van der Waals surface area contributed by atoms with Crippen molar-refractivity contribution in [1.82, 2.24) is 0 Å². The third kappa shape index (κ3) is 4.00. The number of allylic oxidation sites excluding steroid dienone is 2. The minimum Gasteiger partial charge on any atom is -0.306 e. The Morgan fingerprint density at radius 1 is 1.26 bits per heavy atom. The van der Waals surface area contributed by atoms with E-state index in [9.17, 15) is 9.00 Å². The van der Waals surface area contributed by atoms with Gasteiger partial charge in [0, 0.05) is 5.56 Å². The number of rotatable bonds is 4. The van der Waals surface area contributed by atoms with Crippen LogP contribution in [0.25, 0.3) is 5.57 Å². The molecule has 0 amide bonds. The zero-order chi connectivity index (χ0) is 14.7. The molecule has 0 aromatic heterocycles. The predicted octanol–water partition coefficient (Wildman–Crippen LogP) is 3.91. The van der Waals surface area contributed by atoms with E-state index in [0.29, 0.717) is 11.1 Å². The Bertz CT molecular complexity index is 572. The van der Waals surface area contributed by atoms with Crippen molar-refractivity contribution in [3.8, 4) is 0 Å². The van der Waals surface area contributed by atoms with Crippen molar-refractivity contribution in [3.63, 3.8) is 0 Å². The van der Waals surface area contributed by atoms with E-state index in [1.165, 1.54) is 0 Å². The molecule has 104 valence electrons. The Labute approximate surface area is 121 Å². The summed E-state index contributed by atoms with van der Waals surface area (Å²) in [6.45, 7) is 7.71. The Kier molecular flexibility index (Phi) is 5.47. The predicted molar refractivity (Wildman–Crippen MR) is 79.8 cm³/mol. The van der Waals surface area contributed by atoms with Gasteiger partial charge in [-0.15, -0.1) is 0 Å². The van der Waals surface area contributed by atoms with Crippen molar-refractivity contribution in [2.24, 2.45) is 0 Å². The van der Waals surface area contributed by atoms with Crippen LogP contribution in [0.1, 0.15) is 47.8 Å². The van der Waals surface area contributed by atoms with Gasteiger partial charge in [0.05, 0.1) is 5.75 Å². The lowest BCUT2D eigenvalue weighted by Crippen LogP contribution is -2.03. The zero-order valence-electron chi connectivity index (χ0n) is 11.4. The quantitative estimate of drug-likeness (QED) is 0.677. The van der Waals surface area contributed by atoms with Crippen LogP contribution in [0, 0.1) is 6.92 Å². The van der Waals surface area contributed by atoms with E-state index in [0.717, 1.165) is 22.3 Å². The summed E-state index contributed by atoms with van der Waals surface area (Å²) in [4.78, 5) is 11.3. The van der Waals surface area contributed by atoms with Crippen molar-refractivity contribution >= 4 is 33.5 Å². The summed E-state index contributed by atoms with van der Waals surface area (Å²) in [6, 6.07) is 3.46. The summed E-state index contributed by atoms with van der Waals surface area (Å²) in [5, 5.41) is -0.552. The molecule has 0 saturated carbocycles. The van der Waals surface area contributed by atoms with E-state index in [1.54, 1.807) is 13.0 Å². The maximum absolute atomic E-state index is 11.3. The fraction of sp³-hybridized carbons (Fsp3) is 0.357. The largest absolute Gasteiger partial charge is 0.306 e. The van der Waals surface area contributed by atoms with Crippen LogP contribution in [-0.4, -0.2) is 14.0 Å². The molecule has 19 heavy (non-hydrogen) atoms. The molecule has 0 bridgehead atoms. The topological polar surface area (TPSA) is 54.4 Å². The molecular formula is C14H17ClO3S. The summed E-state index contributed by atoms with van der Waals surface area (Å²) in [6.07, 6.45) is 0. The Balaban J connectivity index is 3.53. The maximum Gasteiger partial charge on any atom is 0.252 e. The van der Waals surface area contributed by atoms with Crippen LogP contribution in [-0.2, 0) is 16.8 Å². The number of carbonyl (C=O) groups excluding carboxylic acids is 1. The molecule has 0 fully saturated rings. The fourth-order valence-electron chi connectivity index (χ4n) is 1.84. The molecular weight excluding hydrogens is 284 g/mol. The van der Waals surface area contributed by atoms with E-state index in [1.807, 2.05) is 26.8 Å². The zero-order valence-corrected chi connectivity index (χ0v) is 13.0. The second-order valence-corrected chi connectivity index (χ2v) is 5.96. The van der Waals surface area contributed by atoms with Crippen LogP contribution < -0.4 is 0 Å². The Hall–Kier alpha value is -0.970. The Morgan fingerprint density at radius 2 is 1.84 bits per heavy atom. The van der Waals surface area contributed by atoms with Crippen LogP contribution in [0.5, 0.6) is 0 Å². The van der Waals surface area contributed by atoms with E-state index >= 15 is 0 Å². The fourth-order valence-corrected chi connectivity index (χ4v) is 2.54. The number of hydrogen-bond donors (Lipinski definition) is 1. The molecule has 0 radical (unpaired) electrons. The van der Waals surface area contributed by atoms with Crippen molar-refractivity contribution in [2.75, 3.05) is 0 Å². The minimum atomic E-state index is -1.96. The van der Waals surface area contributed by atoms with Crippen molar-refractivity contribution in [3.05, 3.63) is 40.0 Å². The average molecular weight is 301 g/mol. The SMILES string of the molecule is CC(C)=C(C)c1cc(C)c(C(=O)Cl)cc1CS(=O)O. The van der Waals surface area contributed by atoms with Crippen LogP contribution in [0.3, 0.4) is 0 Å². The van der Waals surface area contributed by atoms with Crippen LogP contribution in [0.15, 0.2) is 17.7 Å². The van der Waals surface area contributed by atoms with Crippen molar-refractivity contribution in [2.45, 2.75) is 33.4 Å². The summed E-state index contributed by atoms with van der Waals surface area (Å²) >= 11 is 3.56. The molecule has 0 aliphatic carbocycles. The smallest absolute Gasteiger partial charge is 0.252 e. The monoisotopic (exact) mass is 300 g/mol. The third-order valence-electron chi connectivity index (χ3n) is 3.09. The van der Waals surface area contributed by atoms with Gasteiger partial charge in [0.15, 0.2) is 11.1 Å². The molecule has 1 aromatic rings. The molecule has 1 atom stereocenters. The van der Waals surface area contributed by atoms with Gasteiger partial charge in [-0.1, -0.05) is 11.6 Å². The molecule has 1 N–H and O–H groups in total. The van der Waals surface area contributed by atoms with Gasteiger partial charge in [0.1, 0.15) is 0 Å². The summed E-state index contributed by atoms with van der Waals surface area (Å²) < 4.78 is 20.1. The van der Waals surface area contributed by atoms with Gasteiger partial charge < -0.3 is 4.55 Å². The number of benzene rings is 1.